The first kappa shape index (κ1) is 13.8. The van der Waals surface area contributed by atoms with Gasteiger partial charge in [-0.05, 0) is 51.6 Å². The maximum Gasteiger partial charge on any atom is 0.108 e. The van der Waals surface area contributed by atoms with Crippen LogP contribution in [-0.4, -0.2) is 35.6 Å². The van der Waals surface area contributed by atoms with Gasteiger partial charge in [-0.1, -0.05) is 20.3 Å². The minimum absolute atomic E-state index is 0.237. The van der Waals surface area contributed by atoms with Gasteiger partial charge >= 0.3 is 0 Å². The quantitative estimate of drug-likeness (QED) is 0.754. The molecule has 0 saturated heterocycles. The molecule has 102 valence electrons. The van der Waals surface area contributed by atoms with Crippen LogP contribution in [0.1, 0.15) is 58.8 Å². The number of nitrogens with one attached hydrogen (secondary N) is 1. The average molecular weight is 249 g/mol. The van der Waals surface area contributed by atoms with Crippen molar-refractivity contribution in [3.63, 3.8) is 0 Å². The Balaban J connectivity index is 1.94. The van der Waals surface area contributed by atoms with Crippen LogP contribution in [0.5, 0.6) is 0 Å². The summed E-state index contributed by atoms with van der Waals surface area (Å²) < 4.78 is 0. The summed E-state index contributed by atoms with van der Waals surface area (Å²) in [7, 11) is 0. The second-order valence-electron chi connectivity index (χ2n) is 5.94. The zero-order valence-electron chi connectivity index (χ0n) is 11.9. The summed E-state index contributed by atoms with van der Waals surface area (Å²) in [4.78, 5) is 2.71. The molecule has 2 atom stereocenters. The van der Waals surface area contributed by atoms with Gasteiger partial charge in [0.05, 0.1) is 6.07 Å². The van der Waals surface area contributed by atoms with Gasteiger partial charge in [0.15, 0.2) is 0 Å². The van der Waals surface area contributed by atoms with E-state index in [0.29, 0.717) is 6.04 Å². The zero-order valence-corrected chi connectivity index (χ0v) is 11.9. The molecule has 0 heterocycles. The number of hydrogen-bond acceptors (Lipinski definition) is 3. The molecular weight excluding hydrogens is 222 g/mol. The third kappa shape index (κ3) is 3.05. The molecule has 0 aliphatic heterocycles. The topological polar surface area (TPSA) is 39.1 Å². The predicted octanol–water partition coefficient (Wildman–Crippen LogP) is 2.68. The summed E-state index contributed by atoms with van der Waals surface area (Å²) in [5.41, 5.74) is -0.237. The van der Waals surface area contributed by atoms with E-state index in [1.165, 1.54) is 38.6 Å². The lowest BCUT2D eigenvalue weighted by atomic mass is 9.99. The minimum Gasteiger partial charge on any atom is -0.300 e. The van der Waals surface area contributed by atoms with Crippen LogP contribution in [0.4, 0.5) is 0 Å². The molecule has 1 N–H and O–H groups in total. The van der Waals surface area contributed by atoms with Gasteiger partial charge in [-0.3, -0.25) is 10.2 Å². The summed E-state index contributed by atoms with van der Waals surface area (Å²) in [6, 6.07) is 4.01. The zero-order chi connectivity index (χ0) is 13.0. The SMILES string of the molecule is CCCCN(C1CC1)C1CCC(C#N)(NCC)C1. The van der Waals surface area contributed by atoms with Crippen LogP contribution in [0.2, 0.25) is 0 Å². The van der Waals surface area contributed by atoms with Crippen molar-refractivity contribution in [2.45, 2.75) is 76.4 Å². The van der Waals surface area contributed by atoms with Gasteiger partial charge in [0.25, 0.3) is 0 Å². The van der Waals surface area contributed by atoms with Crippen LogP contribution in [0.25, 0.3) is 0 Å². The molecule has 0 aromatic heterocycles. The van der Waals surface area contributed by atoms with Crippen molar-refractivity contribution in [1.29, 1.82) is 5.26 Å². The summed E-state index contributed by atoms with van der Waals surface area (Å²) in [6.45, 7) is 6.50. The predicted molar refractivity (Wildman–Crippen MR) is 74.3 cm³/mol. The number of unbranched alkanes of at least 4 members (excludes halogenated alkanes) is 1. The fraction of sp³-hybridized carbons (Fsp3) is 0.933. The van der Waals surface area contributed by atoms with Gasteiger partial charge in [-0.25, -0.2) is 0 Å². The fourth-order valence-electron chi connectivity index (χ4n) is 3.35. The fourth-order valence-corrected chi connectivity index (χ4v) is 3.35. The van der Waals surface area contributed by atoms with Crippen LogP contribution in [0.3, 0.4) is 0 Å². The van der Waals surface area contributed by atoms with Crippen molar-refractivity contribution in [2.24, 2.45) is 0 Å². The van der Waals surface area contributed by atoms with E-state index in [1.54, 1.807) is 0 Å². The Labute approximate surface area is 112 Å². The maximum absolute atomic E-state index is 9.45. The minimum atomic E-state index is -0.237. The maximum atomic E-state index is 9.45. The van der Waals surface area contributed by atoms with Crippen LogP contribution in [0, 0.1) is 11.3 Å². The highest BCUT2D eigenvalue weighted by atomic mass is 15.2. The van der Waals surface area contributed by atoms with E-state index in [9.17, 15) is 5.26 Å². The Hall–Kier alpha value is -0.590. The van der Waals surface area contributed by atoms with Crippen molar-refractivity contribution >= 4 is 0 Å². The molecule has 2 unspecified atom stereocenters. The molecule has 2 fully saturated rings. The highest BCUT2D eigenvalue weighted by Gasteiger charge is 2.44. The second-order valence-corrected chi connectivity index (χ2v) is 5.94. The first-order valence-corrected chi connectivity index (χ1v) is 7.66. The standard InChI is InChI=1S/C15H27N3/c1-3-5-10-18(13-6-7-13)14-8-9-15(11-14,12-16)17-4-2/h13-14,17H,3-11H2,1-2H3. The first-order valence-electron chi connectivity index (χ1n) is 7.66. The Morgan fingerprint density at radius 3 is 2.61 bits per heavy atom. The third-order valence-electron chi connectivity index (χ3n) is 4.47. The lowest BCUT2D eigenvalue weighted by molar-refractivity contribution is 0.179. The highest BCUT2D eigenvalue weighted by molar-refractivity contribution is 5.14. The molecule has 2 rings (SSSR count). The number of nitriles is 1. The van der Waals surface area contributed by atoms with Crippen molar-refractivity contribution in [1.82, 2.24) is 10.2 Å². The Morgan fingerprint density at radius 2 is 2.06 bits per heavy atom. The van der Waals surface area contributed by atoms with Crippen LogP contribution < -0.4 is 5.32 Å². The Bertz CT molecular complexity index is 305. The van der Waals surface area contributed by atoms with Crippen LogP contribution in [0.15, 0.2) is 0 Å². The summed E-state index contributed by atoms with van der Waals surface area (Å²) >= 11 is 0. The van der Waals surface area contributed by atoms with Crippen LogP contribution in [-0.2, 0) is 0 Å². The summed E-state index contributed by atoms with van der Waals surface area (Å²) in [5.74, 6) is 0. The van der Waals surface area contributed by atoms with Gasteiger partial charge < -0.3 is 0 Å². The molecule has 2 aliphatic rings. The van der Waals surface area contributed by atoms with Crippen molar-refractivity contribution < 1.29 is 0 Å². The molecule has 3 heteroatoms. The monoisotopic (exact) mass is 249 g/mol. The van der Waals surface area contributed by atoms with E-state index in [4.69, 9.17) is 0 Å². The number of rotatable bonds is 7. The third-order valence-corrected chi connectivity index (χ3v) is 4.47. The smallest absolute Gasteiger partial charge is 0.108 e. The van der Waals surface area contributed by atoms with Crippen molar-refractivity contribution in [3.8, 4) is 6.07 Å². The Morgan fingerprint density at radius 1 is 1.28 bits per heavy atom. The summed E-state index contributed by atoms with van der Waals surface area (Å²) in [5, 5.41) is 12.9. The highest BCUT2D eigenvalue weighted by Crippen LogP contribution is 2.38. The largest absolute Gasteiger partial charge is 0.300 e. The number of nitrogens with zero attached hydrogens (tertiary/aromatic N) is 2. The molecule has 18 heavy (non-hydrogen) atoms. The molecule has 0 aromatic rings. The van der Waals surface area contributed by atoms with E-state index in [2.05, 4.69) is 30.1 Å². The molecule has 0 bridgehead atoms. The molecule has 3 nitrogen and oxygen atoms in total. The second kappa shape index (κ2) is 6.04. The van der Waals surface area contributed by atoms with Crippen LogP contribution >= 0.6 is 0 Å². The van der Waals surface area contributed by atoms with Gasteiger partial charge in [-0.2, -0.15) is 5.26 Å². The summed E-state index contributed by atoms with van der Waals surface area (Å²) in [6.07, 6.45) is 8.57. The molecule has 0 radical (unpaired) electrons. The molecular formula is C15H27N3. The Kier molecular flexibility index (Phi) is 4.64. The van der Waals surface area contributed by atoms with E-state index in [1.807, 2.05) is 0 Å². The lowest BCUT2D eigenvalue weighted by Crippen LogP contribution is -2.44. The van der Waals surface area contributed by atoms with Gasteiger partial charge in [0.2, 0.25) is 0 Å². The van der Waals surface area contributed by atoms with Gasteiger partial charge in [0.1, 0.15) is 5.54 Å². The molecule has 2 aliphatic carbocycles. The lowest BCUT2D eigenvalue weighted by Gasteiger charge is -2.30. The van der Waals surface area contributed by atoms with Gasteiger partial charge in [-0.15, -0.1) is 0 Å². The van der Waals surface area contributed by atoms with Gasteiger partial charge in [0, 0.05) is 12.1 Å². The van der Waals surface area contributed by atoms with E-state index < -0.39 is 0 Å². The molecule has 0 amide bonds. The normalized spacial score (nSPS) is 31.8. The number of hydrogen-bond donors (Lipinski definition) is 1. The molecule has 2 saturated carbocycles. The van der Waals surface area contributed by atoms with Crippen molar-refractivity contribution in [3.05, 3.63) is 0 Å². The molecule has 0 spiro atoms. The average Bonchev–Trinajstić information content (AvgIpc) is 3.13. The van der Waals surface area contributed by atoms with E-state index in [0.717, 1.165) is 25.4 Å². The van der Waals surface area contributed by atoms with E-state index in [-0.39, 0.29) is 5.54 Å². The van der Waals surface area contributed by atoms with E-state index >= 15 is 0 Å². The molecule has 0 aromatic carbocycles. The first-order chi connectivity index (χ1) is 8.74. The van der Waals surface area contributed by atoms with Crippen molar-refractivity contribution in [2.75, 3.05) is 13.1 Å².